The van der Waals surface area contributed by atoms with Crippen LogP contribution in [0.5, 0.6) is 0 Å². The molecule has 0 radical (unpaired) electrons. The second-order valence-electron chi connectivity index (χ2n) is 4.00. The normalized spacial score (nSPS) is 10.6. The Morgan fingerprint density at radius 2 is 2.12 bits per heavy atom. The average molecular weight is 232 g/mol. The summed E-state index contributed by atoms with van der Waals surface area (Å²) in [5, 5.41) is 5.58. The maximum Gasteiger partial charge on any atom is 0.0313 e. The highest BCUT2D eigenvalue weighted by atomic mass is 32.1. The molecule has 0 aliphatic rings. The Balaban J connectivity index is 1.87. The zero-order valence-electron chi connectivity index (χ0n) is 9.66. The summed E-state index contributed by atoms with van der Waals surface area (Å²) in [5.74, 6) is 0. The maximum atomic E-state index is 4.18. The van der Waals surface area contributed by atoms with Gasteiger partial charge in [0.25, 0.3) is 0 Å². The molecule has 0 aromatic carbocycles. The minimum atomic E-state index is 0.881. The molecule has 0 saturated carbocycles. The first kappa shape index (κ1) is 11.3. The van der Waals surface area contributed by atoms with Crippen LogP contribution in [0.15, 0.2) is 29.9 Å². The lowest BCUT2D eigenvalue weighted by molar-refractivity contribution is 0.696. The number of aryl methyl sites for hydroxylation is 2. The summed E-state index contributed by atoms with van der Waals surface area (Å²) in [6.45, 7) is 6.05. The molecule has 0 unspecified atom stereocenters. The minimum absolute atomic E-state index is 0.881. The zero-order chi connectivity index (χ0) is 11.4. The molecule has 2 aromatic heterocycles. The fourth-order valence-electron chi connectivity index (χ4n) is 1.62. The molecule has 2 nitrogen and oxygen atoms in total. The molecule has 16 heavy (non-hydrogen) atoms. The summed E-state index contributed by atoms with van der Waals surface area (Å²) < 4.78 is 0. The highest BCUT2D eigenvalue weighted by molar-refractivity contribution is 7.10. The maximum absolute atomic E-state index is 4.18. The summed E-state index contributed by atoms with van der Waals surface area (Å²) in [4.78, 5) is 5.60. The molecule has 0 saturated heterocycles. The molecule has 0 amide bonds. The zero-order valence-corrected chi connectivity index (χ0v) is 10.5. The number of aromatic nitrogens is 1. The molecule has 1 N–H and O–H groups in total. The summed E-state index contributed by atoms with van der Waals surface area (Å²) in [6, 6.07) is 4.33. The van der Waals surface area contributed by atoms with Gasteiger partial charge in [-0.05, 0) is 42.0 Å². The van der Waals surface area contributed by atoms with Crippen LogP contribution in [0.1, 0.15) is 21.6 Å². The van der Waals surface area contributed by atoms with Gasteiger partial charge in [-0.3, -0.25) is 4.98 Å². The van der Waals surface area contributed by atoms with Crippen molar-refractivity contribution < 1.29 is 0 Å². The summed E-state index contributed by atoms with van der Waals surface area (Å²) in [7, 11) is 0. The Morgan fingerprint density at radius 1 is 1.25 bits per heavy atom. The SMILES string of the molecule is Cc1cncc(CNCc2sccc2C)c1. The van der Waals surface area contributed by atoms with E-state index in [1.165, 1.54) is 21.6 Å². The van der Waals surface area contributed by atoms with Crippen molar-refractivity contribution in [3.8, 4) is 0 Å². The van der Waals surface area contributed by atoms with E-state index in [1.54, 1.807) is 0 Å². The first-order valence-electron chi connectivity index (χ1n) is 5.40. The third kappa shape index (κ3) is 2.90. The lowest BCUT2D eigenvalue weighted by Crippen LogP contribution is -2.12. The number of nitrogens with one attached hydrogen (secondary N) is 1. The number of hydrogen-bond acceptors (Lipinski definition) is 3. The number of rotatable bonds is 4. The van der Waals surface area contributed by atoms with E-state index in [4.69, 9.17) is 0 Å². The third-order valence-corrected chi connectivity index (χ3v) is 3.54. The van der Waals surface area contributed by atoms with Gasteiger partial charge in [-0.25, -0.2) is 0 Å². The van der Waals surface area contributed by atoms with E-state index in [9.17, 15) is 0 Å². The van der Waals surface area contributed by atoms with E-state index < -0.39 is 0 Å². The van der Waals surface area contributed by atoms with Crippen molar-refractivity contribution in [2.24, 2.45) is 0 Å². The van der Waals surface area contributed by atoms with Crippen LogP contribution in [0.2, 0.25) is 0 Å². The van der Waals surface area contributed by atoms with E-state index in [-0.39, 0.29) is 0 Å². The van der Waals surface area contributed by atoms with Crippen molar-refractivity contribution in [3.63, 3.8) is 0 Å². The molecule has 2 heterocycles. The topological polar surface area (TPSA) is 24.9 Å². The van der Waals surface area contributed by atoms with Crippen LogP contribution in [0, 0.1) is 13.8 Å². The van der Waals surface area contributed by atoms with E-state index in [1.807, 2.05) is 23.7 Å². The Morgan fingerprint density at radius 3 is 2.81 bits per heavy atom. The van der Waals surface area contributed by atoms with Crippen molar-refractivity contribution in [2.45, 2.75) is 26.9 Å². The predicted octanol–water partition coefficient (Wildman–Crippen LogP) is 3.05. The van der Waals surface area contributed by atoms with Crippen molar-refractivity contribution >= 4 is 11.3 Å². The van der Waals surface area contributed by atoms with E-state index >= 15 is 0 Å². The third-order valence-electron chi connectivity index (χ3n) is 2.51. The van der Waals surface area contributed by atoms with Gasteiger partial charge in [-0.2, -0.15) is 0 Å². The smallest absolute Gasteiger partial charge is 0.0313 e. The number of thiophene rings is 1. The molecule has 2 aromatic rings. The molecule has 0 fully saturated rings. The molecule has 2 rings (SSSR count). The number of nitrogens with zero attached hydrogens (tertiary/aromatic N) is 1. The van der Waals surface area contributed by atoms with Crippen molar-refractivity contribution in [1.82, 2.24) is 10.3 Å². The van der Waals surface area contributed by atoms with Gasteiger partial charge in [0.05, 0.1) is 0 Å². The minimum Gasteiger partial charge on any atom is -0.308 e. The second-order valence-corrected chi connectivity index (χ2v) is 5.00. The van der Waals surface area contributed by atoms with Crippen LogP contribution in [0.4, 0.5) is 0 Å². The van der Waals surface area contributed by atoms with Gasteiger partial charge in [-0.1, -0.05) is 6.07 Å². The Hall–Kier alpha value is -1.19. The van der Waals surface area contributed by atoms with Crippen LogP contribution >= 0.6 is 11.3 Å². The van der Waals surface area contributed by atoms with Crippen molar-refractivity contribution in [3.05, 3.63) is 51.5 Å². The number of pyridine rings is 1. The Labute approximate surface area is 100 Å². The van der Waals surface area contributed by atoms with Crippen LogP contribution in [-0.2, 0) is 13.1 Å². The first-order valence-corrected chi connectivity index (χ1v) is 6.28. The molecule has 0 aliphatic heterocycles. The van der Waals surface area contributed by atoms with E-state index in [0.717, 1.165) is 13.1 Å². The van der Waals surface area contributed by atoms with Gasteiger partial charge in [0.2, 0.25) is 0 Å². The van der Waals surface area contributed by atoms with Crippen molar-refractivity contribution in [2.75, 3.05) is 0 Å². The van der Waals surface area contributed by atoms with Crippen LogP contribution < -0.4 is 5.32 Å². The van der Waals surface area contributed by atoms with Gasteiger partial charge < -0.3 is 5.32 Å². The van der Waals surface area contributed by atoms with Gasteiger partial charge in [0, 0.05) is 30.4 Å². The summed E-state index contributed by atoms with van der Waals surface area (Å²) >= 11 is 1.81. The van der Waals surface area contributed by atoms with Gasteiger partial charge in [0.1, 0.15) is 0 Å². The Kier molecular flexibility index (Phi) is 3.70. The molecule has 84 valence electrons. The molecule has 0 atom stereocenters. The fourth-order valence-corrected chi connectivity index (χ4v) is 2.50. The summed E-state index contributed by atoms with van der Waals surface area (Å²) in [6.07, 6.45) is 3.80. The highest BCUT2D eigenvalue weighted by Crippen LogP contribution is 2.15. The lowest BCUT2D eigenvalue weighted by Gasteiger charge is -2.04. The molecular formula is C13H16N2S. The van der Waals surface area contributed by atoms with Gasteiger partial charge >= 0.3 is 0 Å². The molecule has 0 aliphatic carbocycles. The lowest BCUT2D eigenvalue weighted by atomic mass is 10.2. The largest absolute Gasteiger partial charge is 0.308 e. The Bertz CT molecular complexity index is 462. The first-order chi connectivity index (χ1) is 7.75. The molecule has 3 heteroatoms. The van der Waals surface area contributed by atoms with E-state index in [0.29, 0.717) is 0 Å². The van der Waals surface area contributed by atoms with Gasteiger partial charge in [-0.15, -0.1) is 11.3 Å². The standard InChI is InChI=1S/C13H16N2S/c1-10-5-12(7-14-6-10)8-15-9-13-11(2)3-4-16-13/h3-7,15H,8-9H2,1-2H3. The average Bonchev–Trinajstić information content (AvgIpc) is 2.65. The van der Waals surface area contributed by atoms with E-state index in [2.05, 4.69) is 41.7 Å². The molecular weight excluding hydrogens is 216 g/mol. The highest BCUT2D eigenvalue weighted by Gasteiger charge is 1.99. The van der Waals surface area contributed by atoms with Crippen LogP contribution in [0.25, 0.3) is 0 Å². The number of hydrogen-bond donors (Lipinski definition) is 1. The summed E-state index contributed by atoms with van der Waals surface area (Å²) in [5.41, 5.74) is 3.83. The quantitative estimate of drug-likeness (QED) is 0.876. The van der Waals surface area contributed by atoms with Gasteiger partial charge in [0.15, 0.2) is 0 Å². The predicted molar refractivity (Wildman–Crippen MR) is 68.6 cm³/mol. The molecule has 0 spiro atoms. The monoisotopic (exact) mass is 232 g/mol. The van der Waals surface area contributed by atoms with Crippen LogP contribution in [-0.4, -0.2) is 4.98 Å². The van der Waals surface area contributed by atoms with Crippen molar-refractivity contribution in [1.29, 1.82) is 0 Å². The second kappa shape index (κ2) is 5.23. The van der Waals surface area contributed by atoms with Crippen LogP contribution in [0.3, 0.4) is 0 Å². The fraction of sp³-hybridized carbons (Fsp3) is 0.308. The molecule has 0 bridgehead atoms.